The lowest BCUT2D eigenvalue weighted by atomic mass is 10.0. The van der Waals surface area contributed by atoms with Crippen molar-refractivity contribution in [3.05, 3.63) is 73.2 Å². The highest BCUT2D eigenvalue weighted by Gasteiger charge is 2.23. The van der Waals surface area contributed by atoms with Gasteiger partial charge in [0.15, 0.2) is 0 Å². The summed E-state index contributed by atoms with van der Waals surface area (Å²) in [6.07, 6.45) is 5.46. The molecule has 7 nitrogen and oxygen atoms in total. The molecule has 5 rings (SSSR count). The van der Waals surface area contributed by atoms with Gasteiger partial charge in [0.2, 0.25) is 11.8 Å². The van der Waals surface area contributed by atoms with Gasteiger partial charge in [0, 0.05) is 67.5 Å². The van der Waals surface area contributed by atoms with E-state index in [-0.39, 0.29) is 5.91 Å². The van der Waals surface area contributed by atoms with Gasteiger partial charge >= 0.3 is 0 Å². The SMILES string of the molecule is COc1cc(-c2ccccc2N2CCN(C(=O)Cn3ccc4cccnc43)CC2)ccn1. The van der Waals surface area contributed by atoms with Gasteiger partial charge in [0.25, 0.3) is 0 Å². The van der Waals surface area contributed by atoms with E-state index in [0.717, 1.165) is 40.9 Å². The van der Waals surface area contributed by atoms with Gasteiger partial charge in [0.05, 0.1) is 7.11 Å². The zero-order valence-corrected chi connectivity index (χ0v) is 18.0. The first-order valence-corrected chi connectivity index (χ1v) is 10.7. The fourth-order valence-corrected chi connectivity index (χ4v) is 4.27. The lowest BCUT2D eigenvalue weighted by molar-refractivity contribution is -0.132. The minimum Gasteiger partial charge on any atom is -0.481 e. The number of nitrogens with zero attached hydrogens (tertiary/aromatic N) is 5. The number of pyridine rings is 2. The van der Waals surface area contributed by atoms with Gasteiger partial charge in [-0.3, -0.25) is 4.79 Å². The highest BCUT2D eigenvalue weighted by atomic mass is 16.5. The second-order valence-electron chi connectivity index (χ2n) is 7.83. The molecule has 0 N–H and O–H groups in total. The number of fused-ring (bicyclic) bond motifs is 1. The standard InChI is InChI=1S/C25H25N5O2/c1-32-23-17-20(8-11-26-23)21-6-2-3-7-22(21)28-13-15-29(16-14-28)24(31)18-30-12-9-19-5-4-10-27-25(19)30/h2-12,17H,13-16,18H2,1H3. The lowest BCUT2D eigenvalue weighted by Gasteiger charge is -2.37. The second-order valence-corrected chi connectivity index (χ2v) is 7.83. The number of piperazine rings is 1. The number of anilines is 1. The number of ether oxygens (including phenoxy) is 1. The fourth-order valence-electron chi connectivity index (χ4n) is 4.27. The Kier molecular flexibility index (Phi) is 5.46. The van der Waals surface area contributed by atoms with Gasteiger partial charge in [-0.1, -0.05) is 18.2 Å². The number of para-hydroxylation sites is 1. The smallest absolute Gasteiger partial charge is 0.242 e. The Bertz CT molecular complexity index is 1240. The third kappa shape index (κ3) is 3.89. The first-order chi connectivity index (χ1) is 15.7. The number of methoxy groups -OCH3 is 1. The summed E-state index contributed by atoms with van der Waals surface area (Å²) in [6, 6.07) is 18.2. The van der Waals surface area contributed by atoms with Crippen molar-refractivity contribution in [3.63, 3.8) is 0 Å². The molecule has 32 heavy (non-hydrogen) atoms. The molecule has 1 amide bonds. The zero-order valence-electron chi connectivity index (χ0n) is 18.0. The Morgan fingerprint density at radius 3 is 2.66 bits per heavy atom. The van der Waals surface area contributed by atoms with E-state index in [0.29, 0.717) is 25.5 Å². The first-order valence-electron chi connectivity index (χ1n) is 10.7. The predicted molar refractivity (Wildman–Crippen MR) is 125 cm³/mol. The van der Waals surface area contributed by atoms with E-state index in [9.17, 15) is 4.79 Å². The number of amides is 1. The van der Waals surface area contributed by atoms with Gasteiger partial charge in [-0.15, -0.1) is 0 Å². The molecule has 1 aliphatic rings. The highest BCUT2D eigenvalue weighted by molar-refractivity contribution is 5.82. The third-order valence-electron chi connectivity index (χ3n) is 5.96. The summed E-state index contributed by atoms with van der Waals surface area (Å²) in [4.78, 5) is 25.9. The molecule has 4 aromatic rings. The van der Waals surface area contributed by atoms with Crippen molar-refractivity contribution in [2.75, 3.05) is 38.2 Å². The molecule has 3 aromatic heterocycles. The Hall–Kier alpha value is -3.87. The maximum Gasteiger partial charge on any atom is 0.242 e. The molecular weight excluding hydrogens is 402 g/mol. The summed E-state index contributed by atoms with van der Waals surface area (Å²) >= 11 is 0. The molecule has 7 heteroatoms. The molecule has 0 aliphatic carbocycles. The van der Waals surface area contributed by atoms with Gasteiger partial charge < -0.3 is 19.1 Å². The summed E-state index contributed by atoms with van der Waals surface area (Å²) < 4.78 is 7.22. The topological polar surface area (TPSA) is 63.5 Å². The van der Waals surface area contributed by atoms with Crippen LogP contribution in [-0.2, 0) is 11.3 Å². The Labute approximate surface area is 186 Å². The molecule has 0 atom stereocenters. The quantitative estimate of drug-likeness (QED) is 0.488. The molecule has 1 fully saturated rings. The van der Waals surface area contributed by atoms with E-state index in [4.69, 9.17) is 4.74 Å². The molecule has 4 heterocycles. The number of aromatic nitrogens is 3. The molecule has 1 aliphatic heterocycles. The summed E-state index contributed by atoms with van der Waals surface area (Å²) in [7, 11) is 1.63. The average molecular weight is 428 g/mol. The minimum absolute atomic E-state index is 0.125. The Morgan fingerprint density at radius 2 is 1.81 bits per heavy atom. The van der Waals surface area contributed by atoms with Crippen LogP contribution in [0.5, 0.6) is 5.88 Å². The number of rotatable bonds is 5. The number of benzene rings is 1. The van der Waals surface area contributed by atoms with Gasteiger partial charge in [-0.25, -0.2) is 9.97 Å². The molecule has 0 bridgehead atoms. The molecule has 1 saturated heterocycles. The van der Waals surface area contributed by atoms with Gasteiger partial charge in [0.1, 0.15) is 12.2 Å². The Balaban J connectivity index is 1.28. The number of hydrogen-bond donors (Lipinski definition) is 0. The van der Waals surface area contributed by atoms with Crippen molar-refractivity contribution in [1.82, 2.24) is 19.4 Å². The van der Waals surface area contributed by atoms with Crippen molar-refractivity contribution in [3.8, 4) is 17.0 Å². The molecular formula is C25H25N5O2. The van der Waals surface area contributed by atoms with E-state index < -0.39 is 0 Å². The summed E-state index contributed by atoms with van der Waals surface area (Å²) in [6.45, 7) is 3.28. The lowest BCUT2D eigenvalue weighted by Crippen LogP contribution is -2.49. The maximum atomic E-state index is 12.9. The average Bonchev–Trinajstić information content (AvgIpc) is 3.27. The third-order valence-corrected chi connectivity index (χ3v) is 5.96. The van der Waals surface area contributed by atoms with E-state index in [1.54, 1.807) is 19.5 Å². The number of carbonyl (C=O) groups excluding carboxylic acids is 1. The van der Waals surface area contributed by atoms with Crippen LogP contribution in [0.25, 0.3) is 22.2 Å². The first kappa shape index (κ1) is 20.1. The van der Waals surface area contributed by atoms with Crippen molar-refractivity contribution in [1.29, 1.82) is 0 Å². The molecule has 0 saturated carbocycles. The van der Waals surface area contributed by atoms with Gasteiger partial charge in [-0.2, -0.15) is 0 Å². The van der Waals surface area contributed by atoms with E-state index >= 15 is 0 Å². The largest absolute Gasteiger partial charge is 0.481 e. The molecule has 162 valence electrons. The van der Waals surface area contributed by atoms with Crippen molar-refractivity contribution in [2.24, 2.45) is 0 Å². The van der Waals surface area contributed by atoms with E-state index in [1.165, 1.54) is 0 Å². The van der Waals surface area contributed by atoms with Crippen LogP contribution >= 0.6 is 0 Å². The van der Waals surface area contributed by atoms with Crippen LogP contribution in [0.4, 0.5) is 5.69 Å². The summed E-state index contributed by atoms with van der Waals surface area (Å²) in [5.41, 5.74) is 4.21. The van der Waals surface area contributed by atoms with Crippen molar-refractivity contribution < 1.29 is 9.53 Å². The number of hydrogen-bond acceptors (Lipinski definition) is 5. The molecule has 0 radical (unpaired) electrons. The van der Waals surface area contributed by atoms with Crippen LogP contribution in [0.2, 0.25) is 0 Å². The van der Waals surface area contributed by atoms with Gasteiger partial charge in [-0.05, 0) is 35.9 Å². The molecule has 0 spiro atoms. The maximum absolute atomic E-state index is 12.9. The van der Waals surface area contributed by atoms with Crippen LogP contribution in [0, 0.1) is 0 Å². The summed E-state index contributed by atoms with van der Waals surface area (Å²) in [5.74, 6) is 0.722. The van der Waals surface area contributed by atoms with Crippen LogP contribution in [-0.4, -0.2) is 58.6 Å². The molecule has 0 unspecified atom stereocenters. The highest BCUT2D eigenvalue weighted by Crippen LogP contribution is 2.32. The van der Waals surface area contributed by atoms with Crippen LogP contribution in [0.15, 0.2) is 73.2 Å². The minimum atomic E-state index is 0.125. The van der Waals surface area contributed by atoms with E-state index in [1.807, 2.05) is 52.1 Å². The fraction of sp³-hybridized carbons (Fsp3) is 0.240. The number of carbonyl (C=O) groups is 1. The zero-order chi connectivity index (χ0) is 21.9. The normalized spacial score (nSPS) is 14.0. The monoisotopic (exact) mass is 427 g/mol. The summed E-state index contributed by atoms with van der Waals surface area (Å²) in [5, 5.41) is 1.05. The second kappa shape index (κ2) is 8.70. The van der Waals surface area contributed by atoms with Crippen LogP contribution in [0.3, 0.4) is 0 Å². The Morgan fingerprint density at radius 1 is 0.969 bits per heavy atom. The van der Waals surface area contributed by atoms with Crippen LogP contribution in [0.1, 0.15) is 0 Å². The predicted octanol–water partition coefficient (Wildman–Crippen LogP) is 3.46. The molecule has 1 aromatic carbocycles. The van der Waals surface area contributed by atoms with Crippen molar-refractivity contribution >= 4 is 22.6 Å². The van der Waals surface area contributed by atoms with E-state index in [2.05, 4.69) is 33.1 Å². The van der Waals surface area contributed by atoms with Crippen LogP contribution < -0.4 is 9.64 Å². The van der Waals surface area contributed by atoms with Crippen molar-refractivity contribution in [2.45, 2.75) is 6.54 Å².